The Morgan fingerprint density at radius 3 is 2.00 bits per heavy atom. The molecule has 0 aromatic rings. The molecular weight excluding hydrogens is 178 g/mol. The molecule has 9 heavy (non-hydrogen) atoms. The summed E-state index contributed by atoms with van der Waals surface area (Å²) in [6.07, 6.45) is 0. The van der Waals surface area contributed by atoms with Crippen LogP contribution in [0.2, 0.25) is 0 Å². The van der Waals surface area contributed by atoms with Gasteiger partial charge in [-0.05, 0) is 27.4 Å². The zero-order valence-corrected chi connectivity index (χ0v) is 8.33. The zero-order valence-electron chi connectivity index (χ0n) is 6.74. The second kappa shape index (κ2) is 3.57. The third-order valence-electron chi connectivity index (χ3n) is 1.83. The molecule has 0 amide bonds. The van der Waals surface area contributed by atoms with Crippen LogP contribution in [-0.4, -0.2) is 29.4 Å². The third kappa shape index (κ3) is 2.67. The van der Waals surface area contributed by atoms with Gasteiger partial charge in [-0.25, -0.2) is 0 Å². The summed E-state index contributed by atoms with van der Waals surface area (Å²) in [5.74, 6) is 0. The number of nitrogens with zero attached hydrogens (tertiary/aromatic N) is 1. The van der Waals surface area contributed by atoms with E-state index in [1.165, 1.54) is 0 Å². The van der Waals surface area contributed by atoms with Crippen molar-refractivity contribution < 1.29 is 0 Å². The minimum absolute atomic E-state index is 0.300. The minimum Gasteiger partial charge on any atom is -0.301 e. The van der Waals surface area contributed by atoms with Gasteiger partial charge in [-0.2, -0.15) is 0 Å². The van der Waals surface area contributed by atoms with Gasteiger partial charge in [0.15, 0.2) is 0 Å². The summed E-state index contributed by atoms with van der Waals surface area (Å²) in [5.41, 5.74) is 0.300. The quantitative estimate of drug-likeness (QED) is 0.622. The second-order valence-electron chi connectivity index (χ2n) is 2.96. The van der Waals surface area contributed by atoms with Crippen molar-refractivity contribution in [3.8, 4) is 0 Å². The highest BCUT2D eigenvalue weighted by atomic mass is 79.9. The first-order chi connectivity index (χ1) is 4.04. The lowest BCUT2D eigenvalue weighted by molar-refractivity contribution is 0.192. The largest absolute Gasteiger partial charge is 0.301 e. The highest BCUT2D eigenvalue weighted by molar-refractivity contribution is 9.09. The van der Waals surface area contributed by atoms with Crippen LogP contribution in [0.3, 0.4) is 0 Å². The highest BCUT2D eigenvalue weighted by Gasteiger charge is 2.19. The Hall–Kier alpha value is 0.440. The first kappa shape index (κ1) is 9.44. The summed E-state index contributed by atoms with van der Waals surface area (Å²) in [6, 6.07) is 0. The van der Waals surface area contributed by atoms with Crippen molar-refractivity contribution in [3.05, 3.63) is 0 Å². The van der Waals surface area contributed by atoms with Crippen LogP contribution in [0.15, 0.2) is 0 Å². The number of hydrogen-bond acceptors (Lipinski definition) is 1. The Morgan fingerprint density at radius 1 is 1.44 bits per heavy atom. The molecular formula is C7H16BrN. The Labute approximate surface area is 66.6 Å². The van der Waals surface area contributed by atoms with E-state index in [1.807, 2.05) is 0 Å². The highest BCUT2D eigenvalue weighted by Crippen LogP contribution is 2.13. The lowest BCUT2D eigenvalue weighted by Gasteiger charge is -2.32. The summed E-state index contributed by atoms with van der Waals surface area (Å²) in [7, 11) is 2.14. The SMILES string of the molecule is CCN(C)C(C)(C)CBr. The predicted molar refractivity (Wildman–Crippen MR) is 46.2 cm³/mol. The van der Waals surface area contributed by atoms with Crippen LogP contribution < -0.4 is 0 Å². The van der Waals surface area contributed by atoms with E-state index >= 15 is 0 Å². The Bertz CT molecular complexity index is 81.0. The molecule has 0 bridgehead atoms. The van der Waals surface area contributed by atoms with E-state index in [1.54, 1.807) is 0 Å². The smallest absolute Gasteiger partial charge is 0.0246 e. The molecule has 0 heterocycles. The molecule has 1 nitrogen and oxygen atoms in total. The number of halogens is 1. The summed E-state index contributed by atoms with van der Waals surface area (Å²) in [5, 5.41) is 1.03. The molecule has 0 aromatic carbocycles. The van der Waals surface area contributed by atoms with E-state index in [2.05, 4.69) is 48.6 Å². The lowest BCUT2D eigenvalue weighted by atomic mass is 10.1. The number of alkyl halides is 1. The molecule has 0 atom stereocenters. The van der Waals surface area contributed by atoms with E-state index in [0.717, 1.165) is 11.9 Å². The average Bonchev–Trinajstić information content (AvgIpc) is 1.86. The number of hydrogen-bond donors (Lipinski definition) is 0. The van der Waals surface area contributed by atoms with Gasteiger partial charge in [0.1, 0.15) is 0 Å². The standard InChI is InChI=1S/C7H16BrN/c1-5-9(4)7(2,3)6-8/h5-6H2,1-4H3. The predicted octanol–water partition coefficient (Wildman–Crippen LogP) is 2.11. The molecule has 0 saturated carbocycles. The van der Waals surface area contributed by atoms with Gasteiger partial charge in [-0.15, -0.1) is 0 Å². The molecule has 0 aromatic heterocycles. The van der Waals surface area contributed by atoms with E-state index in [0.29, 0.717) is 5.54 Å². The van der Waals surface area contributed by atoms with Crippen LogP contribution in [-0.2, 0) is 0 Å². The maximum Gasteiger partial charge on any atom is 0.0246 e. The molecule has 0 unspecified atom stereocenters. The molecule has 0 radical (unpaired) electrons. The topological polar surface area (TPSA) is 3.24 Å². The lowest BCUT2D eigenvalue weighted by Crippen LogP contribution is -2.42. The van der Waals surface area contributed by atoms with E-state index in [-0.39, 0.29) is 0 Å². The summed E-state index contributed by atoms with van der Waals surface area (Å²) < 4.78 is 0. The molecule has 0 aliphatic rings. The van der Waals surface area contributed by atoms with E-state index in [9.17, 15) is 0 Å². The zero-order chi connectivity index (χ0) is 7.49. The van der Waals surface area contributed by atoms with Crippen molar-refractivity contribution in [1.29, 1.82) is 0 Å². The van der Waals surface area contributed by atoms with E-state index in [4.69, 9.17) is 0 Å². The Kier molecular flexibility index (Phi) is 3.74. The van der Waals surface area contributed by atoms with Crippen molar-refractivity contribution in [1.82, 2.24) is 4.90 Å². The van der Waals surface area contributed by atoms with Crippen molar-refractivity contribution in [2.24, 2.45) is 0 Å². The van der Waals surface area contributed by atoms with Crippen LogP contribution in [0.1, 0.15) is 20.8 Å². The first-order valence-corrected chi connectivity index (χ1v) is 4.44. The molecule has 0 rings (SSSR count). The molecule has 0 N–H and O–H groups in total. The van der Waals surface area contributed by atoms with Gasteiger partial charge in [0.2, 0.25) is 0 Å². The summed E-state index contributed by atoms with van der Waals surface area (Å²) >= 11 is 3.47. The third-order valence-corrected chi connectivity index (χ3v) is 3.21. The monoisotopic (exact) mass is 193 g/mol. The molecule has 0 aliphatic heterocycles. The Morgan fingerprint density at radius 2 is 1.89 bits per heavy atom. The van der Waals surface area contributed by atoms with Crippen LogP contribution in [0.25, 0.3) is 0 Å². The molecule has 2 heteroatoms. The van der Waals surface area contributed by atoms with Crippen molar-refractivity contribution >= 4 is 15.9 Å². The summed E-state index contributed by atoms with van der Waals surface area (Å²) in [4.78, 5) is 2.32. The Balaban J connectivity index is 3.80. The van der Waals surface area contributed by atoms with Gasteiger partial charge >= 0.3 is 0 Å². The van der Waals surface area contributed by atoms with Gasteiger partial charge in [-0.3, -0.25) is 0 Å². The van der Waals surface area contributed by atoms with Gasteiger partial charge in [0, 0.05) is 10.9 Å². The van der Waals surface area contributed by atoms with Crippen LogP contribution in [0.4, 0.5) is 0 Å². The van der Waals surface area contributed by atoms with Crippen molar-refractivity contribution in [2.45, 2.75) is 26.3 Å². The normalized spacial score (nSPS) is 12.7. The second-order valence-corrected chi connectivity index (χ2v) is 3.52. The molecule has 56 valence electrons. The van der Waals surface area contributed by atoms with Gasteiger partial charge < -0.3 is 4.90 Å². The molecule has 0 saturated heterocycles. The van der Waals surface area contributed by atoms with Gasteiger partial charge in [0.05, 0.1) is 0 Å². The average molecular weight is 194 g/mol. The van der Waals surface area contributed by atoms with Crippen LogP contribution in [0.5, 0.6) is 0 Å². The van der Waals surface area contributed by atoms with Crippen LogP contribution >= 0.6 is 15.9 Å². The van der Waals surface area contributed by atoms with Crippen molar-refractivity contribution in [3.63, 3.8) is 0 Å². The van der Waals surface area contributed by atoms with Crippen molar-refractivity contribution in [2.75, 3.05) is 18.9 Å². The van der Waals surface area contributed by atoms with Gasteiger partial charge in [0.25, 0.3) is 0 Å². The fraction of sp³-hybridized carbons (Fsp3) is 1.00. The molecule has 0 fully saturated rings. The fourth-order valence-corrected chi connectivity index (χ4v) is 0.958. The van der Waals surface area contributed by atoms with Gasteiger partial charge in [-0.1, -0.05) is 22.9 Å². The molecule has 0 aliphatic carbocycles. The molecule has 0 spiro atoms. The van der Waals surface area contributed by atoms with Crippen LogP contribution in [0, 0.1) is 0 Å². The number of rotatable bonds is 3. The first-order valence-electron chi connectivity index (χ1n) is 3.31. The summed E-state index contributed by atoms with van der Waals surface area (Å²) in [6.45, 7) is 7.74. The fourth-order valence-electron chi connectivity index (χ4n) is 0.530. The maximum absolute atomic E-state index is 3.47. The maximum atomic E-state index is 3.47. The van der Waals surface area contributed by atoms with E-state index < -0.39 is 0 Å². The minimum atomic E-state index is 0.300.